The van der Waals surface area contributed by atoms with E-state index in [0.717, 1.165) is 6.07 Å². The minimum absolute atomic E-state index is 0.0495. The van der Waals surface area contributed by atoms with E-state index in [1.54, 1.807) is 0 Å². The molecule has 0 aromatic heterocycles. The Labute approximate surface area is 92.6 Å². The van der Waals surface area contributed by atoms with Gasteiger partial charge < -0.3 is 14.6 Å². The molecule has 0 aliphatic rings. The summed E-state index contributed by atoms with van der Waals surface area (Å²) in [5.74, 6) is -1.56. The average molecular weight is 232 g/mol. The van der Waals surface area contributed by atoms with E-state index in [4.69, 9.17) is 14.6 Å². The van der Waals surface area contributed by atoms with Crippen LogP contribution in [0.15, 0.2) is 6.07 Å². The maximum atomic E-state index is 13.5. The molecular weight excluding hydrogens is 218 g/mol. The van der Waals surface area contributed by atoms with Gasteiger partial charge in [-0.25, -0.2) is 8.78 Å². The molecule has 1 N–H and O–H groups in total. The van der Waals surface area contributed by atoms with E-state index in [-0.39, 0.29) is 30.1 Å². The largest absolute Gasteiger partial charge is 0.492 e. The Morgan fingerprint density at radius 1 is 1.12 bits per heavy atom. The molecule has 0 aliphatic heterocycles. The highest BCUT2D eigenvalue weighted by Gasteiger charge is 2.19. The molecule has 0 saturated carbocycles. The van der Waals surface area contributed by atoms with E-state index in [9.17, 15) is 8.78 Å². The van der Waals surface area contributed by atoms with Crippen molar-refractivity contribution >= 4 is 0 Å². The minimum Gasteiger partial charge on any atom is -0.492 e. The Bertz CT molecular complexity index is 367. The van der Waals surface area contributed by atoms with E-state index in [2.05, 4.69) is 0 Å². The Balaban J connectivity index is 3.22. The van der Waals surface area contributed by atoms with Gasteiger partial charge in [0.05, 0.1) is 14.2 Å². The standard InChI is InChI=1S/C11H14F2O3/c1-15-10-7(4-3-5-14)8(12)6-9(13)11(10)16-2/h6,14H,3-5H2,1-2H3. The van der Waals surface area contributed by atoms with Crippen LogP contribution in [0, 0.1) is 11.6 Å². The molecular formula is C11H14F2O3. The SMILES string of the molecule is COc1c(F)cc(F)c(CCCO)c1OC. The van der Waals surface area contributed by atoms with Gasteiger partial charge in [0.25, 0.3) is 0 Å². The maximum absolute atomic E-state index is 13.5. The van der Waals surface area contributed by atoms with Gasteiger partial charge in [0.1, 0.15) is 5.82 Å². The highest BCUT2D eigenvalue weighted by Crippen LogP contribution is 2.36. The maximum Gasteiger partial charge on any atom is 0.197 e. The molecule has 5 heteroatoms. The number of ether oxygens (including phenoxy) is 2. The van der Waals surface area contributed by atoms with Crippen LogP contribution in [0.1, 0.15) is 12.0 Å². The molecule has 0 radical (unpaired) electrons. The second-order valence-corrected chi connectivity index (χ2v) is 3.21. The van der Waals surface area contributed by atoms with Gasteiger partial charge in [-0.1, -0.05) is 0 Å². The quantitative estimate of drug-likeness (QED) is 0.842. The third-order valence-electron chi connectivity index (χ3n) is 2.23. The van der Waals surface area contributed by atoms with Crippen molar-refractivity contribution in [2.75, 3.05) is 20.8 Å². The van der Waals surface area contributed by atoms with E-state index < -0.39 is 11.6 Å². The zero-order valence-electron chi connectivity index (χ0n) is 9.22. The number of hydrogen-bond acceptors (Lipinski definition) is 3. The topological polar surface area (TPSA) is 38.7 Å². The lowest BCUT2D eigenvalue weighted by atomic mass is 10.1. The van der Waals surface area contributed by atoms with Gasteiger partial charge in [-0.15, -0.1) is 0 Å². The Morgan fingerprint density at radius 3 is 2.25 bits per heavy atom. The van der Waals surface area contributed by atoms with Gasteiger partial charge >= 0.3 is 0 Å². The molecule has 0 saturated heterocycles. The molecule has 90 valence electrons. The molecule has 0 atom stereocenters. The first-order valence-corrected chi connectivity index (χ1v) is 4.85. The van der Waals surface area contributed by atoms with Crippen LogP contribution in [0.5, 0.6) is 11.5 Å². The predicted molar refractivity (Wildman–Crippen MR) is 54.9 cm³/mol. The fraction of sp³-hybridized carbons (Fsp3) is 0.455. The van der Waals surface area contributed by atoms with Crippen molar-refractivity contribution in [2.45, 2.75) is 12.8 Å². The fourth-order valence-corrected chi connectivity index (χ4v) is 1.51. The summed E-state index contributed by atoms with van der Waals surface area (Å²) in [5, 5.41) is 8.69. The molecule has 3 nitrogen and oxygen atoms in total. The van der Waals surface area contributed by atoms with Crippen LogP contribution in [-0.2, 0) is 6.42 Å². The normalized spacial score (nSPS) is 10.3. The van der Waals surface area contributed by atoms with Crippen molar-refractivity contribution in [3.63, 3.8) is 0 Å². The summed E-state index contributed by atoms with van der Waals surface area (Å²) >= 11 is 0. The highest BCUT2D eigenvalue weighted by molar-refractivity contribution is 5.48. The van der Waals surface area contributed by atoms with Gasteiger partial charge in [-0.05, 0) is 12.8 Å². The lowest BCUT2D eigenvalue weighted by Crippen LogP contribution is -2.03. The number of benzene rings is 1. The lowest BCUT2D eigenvalue weighted by molar-refractivity contribution is 0.285. The van der Waals surface area contributed by atoms with Gasteiger partial charge in [0.15, 0.2) is 17.3 Å². The molecule has 0 spiro atoms. The molecule has 0 unspecified atom stereocenters. The van der Waals surface area contributed by atoms with Gasteiger partial charge in [-0.2, -0.15) is 0 Å². The molecule has 16 heavy (non-hydrogen) atoms. The van der Waals surface area contributed by atoms with Crippen LogP contribution in [0.4, 0.5) is 8.78 Å². The third kappa shape index (κ3) is 2.41. The van der Waals surface area contributed by atoms with Gasteiger partial charge in [0, 0.05) is 18.2 Å². The molecule has 1 aromatic carbocycles. The lowest BCUT2D eigenvalue weighted by Gasteiger charge is -2.14. The third-order valence-corrected chi connectivity index (χ3v) is 2.23. The number of hydrogen-bond donors (Lipinski definition) is 1. The average Bonchev–Trinajstić information content (AvgIpc) is 2.27. The van der Waals surface area contributed by atoms with E-state index >= 15 is 0 Å². The van der Waals surface area contributed by atoms with Gasteiger partial charge in [-0.3, -0.25) is 0 Å². The number of methoxy groups -OCH3 is 2. The summed E-state index contributed by atoms with van der Waals surface area (Å²) in [6, 6.07) is 0.758. The molecule has 0 fully saturated rings. The second kappa shape index (κ2) is 5.65. The summed E-state index contributed by atoms with van der Waals surface area (Å²) < 4.78 is 36.5. The van der Waals surface area contributed by atoms with Crippen molar-refractivity contribution in [3.8, 4) is 11.5 Å². The number of aliphatic hydroxyl groups is 1. The van der Waals surface area contributed by atoms with Crippen molar-refractivity contribution in [1.82, 2.24) is 0 Å². The van der Waals surface area contributed by atoms with Crippen molar-refractivity contribution in [3.05, 3.63) is 23.3 Å². The molecule has 0 heterocycles. The van der Waals surface area contributed by atoms with E-state index in [1.165, 1.54) is 14.2 Å². The molecule has 0 amide bonds. The van der Waals surface area contributed by atoms with Crippen LogP contribution < -0.4 is 9.47 Å². The first-order chi connectivity index (χ1) is 7.65. The second-order valence-electron chi connectivity index (χ2n) is 3.21. The summed E-state index contributed by atoms with van der Waals surface area (Å²) in [6.07, 6.45) is 0.643. The van der Waals surface area contributed by atoms with E-state index in [1.807, 2.05) is 0 Å². The summed E-state index contributed by atoms with van der Waals surface area (Å²) in [6.45, 7) is -0.0672. The molecule has 0 aliphatic carbocycles. The van der Waals surface area contributed by atoms with Crippen LogP contribution in [0.2, 0.25) is 0 Å². The first kappa shape index (κ1) is 12.7. The zero-order chi connectivity index (χ0) is 12.1. The van der Waals surface area contributed by atoms with Crippen molar-refractivity contribution in [2.24, 2.45) is 0 Å². The summed E-state index contributed by atoms with van der Waals surface area (Å²) in [7, 11) is 2.61. The summed E-state index contributed by atoms with van der Waals surface area (Å²) in [5.41, 5.74) is 0.217. The monoisotopic (exact) mass is 232 g/mol. The zero-order valence-corrected chi connectivity index (χ0v) is 9.22. The smallest absolute Gasteiger partial charge is 0.197 e. The van der Waals surface area contributed by atoms with Crippen LogP contribution in [0.25, 0.3) is 0 Å². The minimum atomic E-state index is -0.801. The predicted octanol–water partition coefficient (Wildman–Crippen LogP) is 1.91. The Hall–Kier alpha value is -1.36. The Morgan fingerprint density at radius 2 is 1.75 bits per heavy atom. The molecule has 1 aromatic rings. The highest BCUT2D eigenvalue weighted by atomic mass is 19.1. The van der Waals surface area contributed by atoms with Crippen LogP contribution >= 0.6 is 0 Å². The van der Waals surface area contributed by atoms with Crippen molar-refractivity contribution in [1.29, 1.82) is 0 Å². The van der Waals surface area contributed by atoms with E-state index in [0.29, 0.717) is 6.42 Å². The van der Waals surface area contributed by atoms with Crippen LogP contribution in [-0.4, -0.2) is 25.9 Å². The first-order valence-electron chi connectivity index (χ1n) is 4.85. The number of halogens is 2. The molecule has 1 rings (SSSR count). The van der Waals surface area contributed by atoms with Crippen LogP contribution in [0.3, 0.4) is 0 Å². The van der Waals surface area contributed by atoms with Crippen molar-refractivity contribution < 1.29 is 23.4 Å². The number of aliphatic hydroxyl groups excluding tert-OH is 1. The summed E-state index contributed by atoms with van der Waals surface area (Å²) in [4.78, 5) is 0. The number of rotatable bonds is 5. The molecule has 0 bridgehead atoms. The fourth-order valence-electron chi connectivity index (χ4n) is 1.51. The Kier molecular flexibility index (Phi) is 4.49. The van der Waals surface area contributed by atoms with Gasteiger partial charge in [0.2, 0.25) is 0 Å².